The van der Waals surface area contributed by atoms with E-state index in [4.69, 9.17) is 0 Å². The molecular formula is C20H27N3O2S. The lowest BCUT2D eigenvalue weighted by atomic mass is 9.87. The highest BCUT2D eigenvalue weighted by Gasteiger charge is 2.18. The van der Waals surface area contributed by atoms with Crippen LogP contribution < -0.4 is 9.62 Å². The topological polar surface area (TPSA) is 62.3 Å². The van der Waals surface area contributed by atoms with Crippen LogP contribution in [0.3, 0.4) is 0 Å². The molecule has 0 atom stereocenters. The zero-order chi connectivity index (χ0) is 18.8. The van der Waals surface area contributed by atoms with E-state index in [9.17, 15) is 8.42 Å². The van der Waals surface area contributed by atoms with Crippen molar-refractivity contribution in [1.82, 2.24) is 9.71 Å². The highest BCUT2D eigenvalue weighted by molar-refractivity contribution is 7.89. The number of pyridine rings is 1. The van der Waals surface area contributed by atoms with Crippen LogP contribution in [-0.2, 0) is 22.0 Å². The monoisotopic (exact) mass is 373 g/mol. The smallest absolute Gasteiger partial charge is 0.240 e. The number of aromatic nitrogens is 1. The predicted molar refractivity (Wildman–Crippen MR) is 105 cm³/mol. The van der Waals surface area contributed by atoms with Crippen LogP contribution in [-0.4, -0.2) is 26.5 Å². The quantitative estimate of drug-likeness (QED) is 0.872. The Morgan fingerprint density at radius 3 is 2.35 bits per heavy atom. The average Bonchev–Trinajstić information content (AvgIpc) is 3.14. The van der Waals surface area contributed by atoms with Crippen LogP contribution >= 0.6 is 0 Å². The van der Waals surface area contributed by atoms with E-state index >= 15 is 0 Å². The summed E-state index contributed by atoms with van der Waals surface area (Å²) >= 11 is 0. The summed E-state index contributed by atoms with van der Waals surface area (Å²) in [5.74, 6) is 0.925. The minimum Gasteiger partial charge on any atom is -0.357 e. The highest BCUT2D eigenvalue weighted by atomic mass is 32.2. The van der Waals surface area contributed by atoms with Gasteiger partial charge in [0, 0.05) is 25.8 Å². The van der Waals surface area contributed by atoms with Gasteiger partial charge in [0.1, 0.15) is 5.82 Å². The minimum absolute atomic E-state index is 0.00126. The van der Waals surface area contributed by atoms with Crippen LogP contribution in [0.2, 0.25) is 0 Å². The van der Waals surface area contributed by atoms with Crippen molar-refractivity contribution in [1.29, 1.82) is 0 Å². The normalized spacial score (nSPS) is 15.4. The highest BCUT2D eigenvalue weighted by Crippen LogP contribution is 2.23. The predicted octanol–water partition coefficient (Wildman–Crippen LogP) is 3.46. The average molecular weight is 374 g/mol. The summed E-state index contributed by atoms with van der Waals surface area (Å²) < 4.78 is 27.8. The minimum atomic E-state index is -3.54. The maximum atomic E-state index is 12.6. The number of anilines is 1. The second-order valence-corrected chi connectivity index (χ2v) is 9.58. The Morgan fingerprint density at radius 1 is 1.08 bits per heavy atom. The maximum absolute atomic E-state index is 12.6. The summed E-state index contributed by atoms with van der Waals surface area (Å²) in [6.07, 6.45) is 4.11. The van der Waals surface area contributed by atoms with E-state index in [-0.39, 0.29) is 12.0 Å². The lowest BCUT2D eigenvalue weighted by molar-refractivity contribution is 0.578. The Labute approximate surface area is 156 Å². The van der Waals surface area contributed by atoms with E-state index < -0.39 is 10.0 Å². The van der Waals surface area contributed by atoms with Crippen molar-refractivity contribution in [2.45, 2.75) is 50.5 Å². The van der Waals surface area contributed by atoms with Gasteiger partial charge in [0.25, 0.3) is 0 Å². The van der Waals surface area contributed by atoms with Crippen LogP contribution in [0.4, 0.5) is 5.82 Å². The van der Waals surface area contributed by atoms with Crippen molar-refractivity contribution in [2.24, 2.45) is 0 Å². The number of hydrogen-bond donors (Lipinski definition) is 1. The zero-order valence-corrected chi connectivity index (χ0v) is 16.5. The number of rotatable bonds is 5. The number of nitrogens with one attached hydrogen (secondary N) is 1. The van der Waals surface area contributed by atoms with E-state index in [1.165, 1.54) is 12.8 Å². The van der Waals surface area contributed by atoms with Crippen molar-refractivity contribution in [2.75, 3.05) is 18.0 Å². The molecule has 1 fully saturated rings. The molecule has 0 radical (unpaired) electrons. The Balaban J connectivity index is 1.69. The number of nitrogens with zero attached hydrogens (tertiary/aromatic N) is 2. The lowest BCUT2D eigenvalue weighted by Crippen LogP contribution is -2.24. The van der Waals surface area contributed by atoms with Gasteiger partial charge in [0.2, 0.25) is 10.0 Å². The Bertz CT molecular complexity index is 849. The van der Waals surface area contributed by atoms with Crippen LogP contribution in [0.1, 0.15) is 44.7 Å². The first-order chi connectivity index (χ1) is 12.3. The molecule has 3 rings (SSSR count). The van der Waals surface area contributed by atoms with Crippen LogP contribution in [0, 0.1) is 0 Å². The van der Waals surface area contributed by atoms with Crippen molar-refractivity contribution < 1.29 is 8.42 Å². The van der Waals surface area contributed by atoms with Gasteiger partial charge in [-0.1, -0.05) is 32.9 Å². The molecule has 0 amide bonds. The fourth-order valence-electron chi connectivity index (χ4n) is 3.09. The van der Waals surface area contributed by atoms with Gasteiger partial charge in [-0.15, -0.1) is 0 Å². The summed E-state index contributed by atoms with van der Waals surface area (Å²) in [5.41, 5.74) is 2.02. The van der Waals surface area contributed by atoms with Crippen molar-refractivity contribution >= 4 is 15.8 Å². The largest absolute Gasteiger partial charge is 0.357 e. The third kappa shape index (κ3) is 4.43. The first kappa shape index (κ1) is 18.9. The third-order valence-electron chi connectivity index (χ3n) is 4.74. The van der Waals surface area contributed by atoms with E-state index in [0.29, 0.717) is 4.90 Å². The van der Waals surface area contributed by atoms with Gasteiger partial charge in [0.15, 0.2) is 0 Å². The van der Waals surface area contributed by atoms with Crippen molar-refractivity contribution in [3.8, 4) is 0 Å². The van der Waals surface area contributed by atoms with E-state index in [1.807, 2.05) is 24.3 Å². The first-order valence-electron chi connectivity index (χ1n) is 9.06. The standard InChI is InChI=1S/C20H27N3O2S/c1-20(2,3)17-6-8-18(9-7-17)26(24,25)22-15-16-10-11-21-19(14-16)23-12-4-5-13-23/h6-11,14,22H,4-5,12-13,15H2,1-3H3. The molecule has 1 aromatic carbocycles. The van der Waals surface area contributed by atoms with Gasteiger partial charge in [-0.25, -0.2) is 18.1 Å². The first-order valence-corrected chi connectivity index (χ1v) is 10.5. The Kier molecular flexibility index (Phi) is 5.34. The molecule has 0 spiro atoms. The SMILES string of the molecule is CC(C)(C)c1ccc(S(=O)(=O)NCc2ccnc(N3CCCC3)c2)cc1. The van der Waals surface area contributed by atoms with Crippen molar-refractivity contribution in [3.05, 3.63) is 53.7 Å². The summed E-state index contributed by atoms with van der Waals surface area (Å²) in [5, 5.41) is 0. The molecule has 6 heteroatoms. The molecule has 5 nitrogen and oxygen atoms in total. The van der Waals surface area contributed by atoms with Gasteiger partial charge in [0.05, 0.1) is 4.90 Å². The fraction of sp³-hybridized carbons (Fsp3) is 0.450. The molecule has 1 aromatic heterocycles. The molecule has 1 N–H and O–H groups in total. The van der Waals surface area contributed by atoms with E-state index in [1.54, 1.807) is 18.3 Å². The van der Waals surface area contributed by atoms with Gasteiger partial charge >= 0.3 is 0 Å². The van der Waals surface area contributed by atoms with Crippen LogP contribution in [0.5, 0.6) is 0 Å². The molecular weight excluding hydrogens is 346 g/mol. The summed E-state index contributed by atoms with van der Waals surface area (Å²) in [4.78, 5) is 6.94. The molecule has 0 unspecified atom stereocenters. The fourth-order valence-corrected chi connectivity index (χ4v) is 4.10. The Morgan fingerprint density at radius 2 is 1.73 bits per heavy atom. The van der Waals surface area contributed by atoms with Crippen molar-refractivity contribution in [3.63, 3.8) is 0 Å². The molecule has 1 saturated heterocycles. The summed E-state index contributed by atoms with van der Waals surface area (Å²) in [7, 11) is -3.54. The third-order valence-corrected chi connectivity index (χ3v) is 6.15. The van der Waals surface area contributed by atoms with Gasteiger partial charge in [-0.05, 0) is 53.6 Å². The molecule has 0 saturated carbocycles. The molecule has 2 heterocycles. The van der Waals surface area contributed by atoms with Gasteiger partial charge in [-0.2, -0.15) is 0 Å². The Hall–Kier alpha value is -1.92. The molecule has 2 aromatic rings. The molecule has 140 valence electrons. The summed E-state index contributed by atoms with van der Waals surface area (Å²) in [6, 6.07) is 10.9. The molecule has 1 aliphatic heterocycles. The summed E-state index contributed by atoms with van der Waals surface area (Å²) in [6.45, 7) is 8.61. The molecule has 0 bridgehead atoms. The lowest BCUT2D eigenvalue weighted by Gasteiger charge is -2.19. The second kappa shape index (κ2) is 7.37. The van der Waals surface area contributed by atoms with Crippen LogP contribution in [0.25, 0.3) is 0 Å². The number of sulfonamides is 1. The maximum Gasteiger partial charge on any atom is 0.240 e. The number of hydrogen-bond acceptors (Lipinski definition) is 4. The van der Waals surface area contributed by atoms with E-state index in [2.05, 4.69) is 35.4 Å². The molecule has 0 aliphatic carbocycles. The molecule has 1 aliphatic rings. The van der Waals surface area contributed by atoms with Gasteiger partial charge in [-0.3, -0.25) is 0 Å². The van der Waals surface area contributed by atoms with Crippen LogP contribution in [0.15, 0.2) is 47.5 Å². The molecule has 26 heavy (non-hydrogen) atoms. The second-order valence-electron chi connectivity index (χ2n) is 7.82. The van der Waals surface area contributed by atoms with E-state index in [0.717, 1.165) is 30.0 Å². The zero-order valence-electron chi connectivity index (χ0n) is 15.7. The van der Waals surface area contributed by atoms with Gasteiger partial charge < -0.3 is 4.90 Å². The number of benzene rings is 1.